The van der Waals surface area contributed by atoms with Crippen molar-refractivity contribution in [3.8, 4) is 11.5 Å². The van der Waals surface area contributed by atoms with Crippen LogP contribution in [0, 0.1) is 0 Å². The first-order chi connectivity index (χ1) is 17.4. The van der Waals surface area contributed by atoms with Crippen molar-refractivity contribution in [1.82, 2.24) is 15.2 Å². The van der Waals surface area contributed by atoms with E-state index in [0.717, 1.165) is 91.4 Å². The summed E-state index contributed by atoms with van der Waals surface area (Å²) < 4.78 is 0.954. The zero-order chi connectivity index (χ0) is 25.5. The number of aromatic hydroxyl groups is 2. The minimum Gasteiger partial charge on any atom is -0.504 e. The molecule has 1 amide bonds. The predicted octanol–water partition coefficient (Wildman–Crippen LogP) is 4.49. The first kappa shape index (κ1) is 26.2. The standard InChI is InChI=1S/C28H37N3O4S/c1-2-15-31(21-9-10-22-20(18-21)8-12-24(32)27(22)34)16-5-3-4-6-26(33)29-14-13-19-7-11-23-25(17-19)36-28(35)30-23/h7-8,11-12,17,21,32,34H,2-6,9-10,13-16,18H2,1H3,(H,29,33)(H,30,35)/t21-/m0/s1. The summed E-state index contributed by atoms with van der Waals surface area (Å²) in [6.45, 7) is 4.88. The van der Waals surface area contributed by atoms with Gasteiger partial charge in [-0.15, -0.1) is 0 Å². The maximum atomic E-state index is 12.3. The van der Waals surface area contributed by atoms with Gasteiger partial charge >= 0.3 is 4.87 Å². The molecule has 0 unspecified atom stereocenters. The van der Waals surface area contributed by atoms with Crippen LogP contribution in [0.15, 0.2) is 35.1 Å². The number of nitrogens with one attached hydrogen (secondary N) is 2. The molecule has 3 aromatic rings. The molecule has 2 aromatic carbocycles. The Labute approximate surface area is 216 Å². The lowest BCUT2D eigenvalue weighted by molar-refractivity contribution is -0.121. The Hall–Kier alpha value is -2.84. The van der Waals surface area contributed by atoms with Crippen LogP contribution < -0.4 is 10.2 Å². The normalized spacial score (nSPS) is 15.3. The van der Waals surface area contributed by atoms with E-state index < -0.39 is 0 Å². The maximum Gasteiger partial charge on any atom is 0.305 e. The van der Waals surface area contributed by atoms with Crippen molar-refractivity contribution < 1.29 is 15.0 Å². The highest BCUT2D eigenvalue weighted by Crippen LogP contribution is 2.36. The van der Waals surface area contributed by atoms with Gasteiger partial charge in [0, 0.05) is 24.6 Å². The molecule has 4 N–H and O–H groups in total. The third-order valence-electron chi connectivity index (χ3n) is 7.14. The summed E-state index contributed by atoms with van der Waals surface area (Å²) in [4.78, 5) is 29.0. The van der Waals surface area contributed by atoms with Crippen molar-refractivity contribution in [3.63, 3.8) is 0 Å². The zero-order valence-electron chi connectivity index (χ0n) is 21.0. The van der Waals surface area contributed by atoms with E-state index in [9.17, 15) is 19.8 Å². The summed E-state index contributed by atoms with van der Waals surface area (Å²) in [7, 11) is 0. The highest BCUT2D eigenvalue weighted by molar-refractivity contribution is 7.16. The molecule has 0 spiro atoms. The van der Waals surface area contributed by atoms with E-state index in [1.807, 2.05) is 24.3 Å². The van der Waals surface area contributed by atoms with Gasteiger partial charge < -0.3 is 25.4 Å². The zero-order valence-corrected chi connectivity index (χ0v) is 21.8. The summed E-state index contributed by atoms with van der Waals surface area (Å²) in [6.07, 6.45) is 8.06. The Morgan fingerprint density at radius 1 is 1.17 bits per heavy atom. The van der Waals surface area contributed by atoms with Crippen molar-refractivity contribution in [2.45, 2.75) is 70.8 Å². The van der Waals surface area contributed by atoms with Crippen LogP contribution in [0.1, 0.15) is 62.1 Å². The van der Waals surface area contributed by atoms with Crippen LogP contribution in [-0.2, 0) is 24.1 Å². The van der Waals surface area contributed by atoms with Gasteiger partial charge in [-0.3, -0.25) is 9.59 Å². The summed E-state index contributed by atoms with van der Waals surface area (Å²) >= 11 is 1.21. The van der Waals surface area contributed by atoms with E-state index in [1.165, 1.54) is 11.3 Å². The van der Waals surface area contributed by atoms with Gasteiger partial charge in [0.15, 0.2) is 11.5 Å². The van der Waals surface area contributed by atoms with Gasteiger partial charge in [0.1, 0.15) is 0 Å². The molecule has 8 heteroatoms. The lowest BCUT2D eigenvalue weighted by Gasteiger charge is -2.35. The number of aromatic amines is 1. The highest BCUT2D eigenvalue weighted by Gasteiger charge is 2.26. The smallest absolute Gasteiger partial charge is 0.305 e. The molecule has 36 heavy (non-hydrogen) atoms. The van der Waals surface area contributed by atoms with E-state index in [2.05, 4.69) is 22.1 Å². The minimum atomic E-state index is -0.0428. The summed E-state index contributed by atoms with van der Waals surface area (Å²) in [5.74, 6) is 0.116. The minimum absolute atomic E-state index is 0.0285. The number of carbonyl (C=O) groups is 1. The first-order valence-electron chi connectivity index (χ1n) is 13.1. The van der Waals surface area contributed by atoms with Crippen molar-refractivity contribution in [2.24, 2.45) is 0 Å². The van der Waals surface area contributed by atoms with Gasteiger partial charge in [-0.25, -0.2) is 0 Å². The second kappa shape index (κ2) is 12.4. The number of nitrogens with zero attached hydrogens (tertiary/aromatic N) is 1. The summed E-state index contributed by atoms with van der Waals surface area (Å²) in [6, 6.07) is 9.93. The summed E-state index contributed by atoms with van der Waals surface area (Å²) in [5, 5.41) is 23.0. The molecule has 0 fully saturated rings. The maximum absolute atomic E-state index is 12.3. The molecular formula is C28H37N3O4S. The number of fused-ring (bicyclic) bond motifs is 2. The van der Waals surface area contributed by atoms with E-state index >= 15 is 0 Å². The predicted molar refractivity (Wildman–Crippen MR) is 145 cm³/mol. The van der Waals surface area contributed by atoms with E-state index in [0.29, 0.717) is 19.0 Å². The average Bonchev–Trinajstić information content (AvgIpc) is 3.24. The average molecular weight is 512 g/mol. The van der Waals surface area contributed by atoms with Crippen LogP contribution in [0.3, 0.4) is 0 Å². The number of phenolic OH excluding ortho intramolecular Hbond substituents is 2. The van der Waals surface area contributed by atoms with Gasteiger partial charge in [0.25, 0.3) is 0 Å². The molecule has 7 nitrogen and oxygen atoms in total. The Morgan fingerprint density at radius 3 is 2.86 bits per heavy atom. The molecule has 4 rings (SSSR count). The van der Waals surface area contributed by atoms with Crippen LogP contribution >= 0.6 is 11.3 Å². The number of H-pyrrole nitrogens is 1. The van der Waals surface area contributed by atoms with Crippen molar-refractivity contribution >= 4 is 27.5 Å². The monoisotopic (exact) mass is 511 g/mol. The van der Waals surface area contributed by atoms with Gasteiger partial charge in [0.2, 0.25) is 5.91 Å². The molecule has 1 aliphatic carbocycles. The number of hydrogen-bond donors (Lipinski definition) is 4. The third kappa shape index (κ3) is 6.68. The van der Waals surface area contributed by atoms with E-state index in [4.69, 9.17) is 0 Å². The van der Waals surface area contributed by atoms with Gasteiger partial charge in [-0.1, -0.05) is 36.8 Å². The van der Waals surface area contributed by atoms with Crippen LogP contribution in [0.5, 0.6) is 11.5 Å². The third-order valence-corrected chi connectivity index (χ3v) is 7.98. The largest absolute Gasteiger partial charge is 0.504 e. The second-order valence-electron chi connectivity index (χ2n) is 9.76. The number of hydrogen-bond acceptors (Lipinski definition) is 6. The fraction of sp³-hybridized carbons (Fsp3) is 0.500. The van der Waals surface area contributed by atoms with Crippen LogP contribution in [0.4, 0.5) is 0 Å². The first-order valence-corrected chi connectivity index (χ1v) is 13.9. The molecule has 1 aliphatic rings. The SMILES string of the molecule is CCCN(CCCCCC(=O)NCCc1ccc2[nH]c(=O)sc2c1)[C@H]1CCc2c(ccc(O)c2O)C1. The highest BCUT2D eigenvalue weighted by atomic mass is 32.1. The number of benzene rings is 2. The number of rotatable bonds is 12. The number of carbonyl (C=O) groups excluding carboxylic acids is 1. The van der Waals surface area contributed by atoms with Crippen molar-refractivity contribution in [2.75, 3.05) is 19.6 Å². The Kier molecular flexibility index (Phi) is 9.04. The molecular weight excluding hydrogens is 474 g/mol. The van der Waals surface area contributed by atoms with Crippen LogP contribution in [0.2, 0.25) is 0 Å². The topological polar surface area (TPSA) is 106 Å². The van der Waals surface area contributed by atoms with Gasteiger partial charge in [0.05, 0.1) is 10.2 Å². The molecule has 0 saturated carbocycles. The van der Waals surface area contributed by atoms with Gasteiger partial charge in [-0.05, 0) is 87.4 Å². The number of phenols is 2. The quantitative estimate of drug-likeness (QED) is 0.212. The molecule has 0 aliphatic heterocycles. The lowest BCUT2D eigenvalue weighted by Crippen LogP contribution is -2.40. The Bertz CT molecular complexity index is 1240. The molecule has 1 heterocycles. The fourth-order valence-corrected chi connectivity index (χ4v) is 6.04. The number of aromatic nitrogens is 1. The Balaban J connectivity index is 1.14. The van der Waals surface area contributed by atoms with Crippen LogP contribution in [0.25, 0.3) is 10.2 Å². The molecule has 0 saturated heterocycles. The number of amides is 1. The van der Waals surface area contributed by atoms with E-state index in [-0.39, 0.29) is 22.3 Å². The molecule has 1 atom stereocenters. The van der Waals surface area contributed by atoms with Crippen LogP contribution in [-0.4, -0.2) is 51.7 Å². The van der Waals surface area contributed by atoms with Crippen molar-refractivity contribution in [3.05, 3.63) is 56.7 Å². The van der Waals surface area contributed by atoms with E-state index in [1.54, 1.807) is 6.07 Å². The number of unbranched alkanes of at least 4 members (excludes halogenated alkanes) is 2. The number of thiazole rings is 1. The molecule has 1 aromatic heterocycles. The molecule has 0 bridgehead atoms. The van der Waals surface area contributed by atoms with Gasteiger partial charge in [-0.2, -0.15) is 0 Å². The Morgan fingerprint density at radius 2 is 2.03 bits per heavy atom. The lowest BCUT2D eigenvalue weighted by atomic mass is 9.86. The second-order valence-corrected chi connectivity index (χ2v) is 10.8. The molecule has 194 valence electrons. The molecule has 0 radical (unpaired) electrons. The van der Waals surface area contributed by atoms with Crippen molar-refractivity contribution in [1.29, 1.82) is 0 Å². The summed E-state index contributed by atoms with van der Waals surface area (Å²) in [5.41, 5.74) is 4.02. The fourth-order valence-electron chi connectivity index (χ4n) is 5.24.